The second kappa shape index (κ2) is 7.06. The summed E-state index contributed by atoms with van der Waals surface area (Å²) in [5.74, 6) is -1.15. The average Bonchev–Trinajstić information content (AvgIpc) is 2.88. The van der Waals surface area contributed by atoms with Crippen LogP contribution in [0.5, 0.6) is 0 Å². The Morgan fingerprint density at radius 3 is 2.54 bits per heavy atom. The van der Waals surface area contributed by atoms with Gasteiger partial charge >= 0.3 is 0 Å². The van der Waals surface area contributed by atoms with Crippen molar-refractivity contribution in [3.8, 4) is 0 Å². The highest BCUT2D eigenvalue weighted by atomic mass is 32.2. The van der Waals surface area contributed by atoms with E-state index in [1.807, 2.05) is 0 Å². The van der Waals surface area contributed by atoms with Gasteiger partial charge in [-0.15, -0.1) is 0 Å². The summed E-state index contributed by atoms with van der Waals surface area (Å²) in [5, 5.41) is 11.1. The van der Waals surface area contributed by atoms with Gasteiger partial charge in [0.15, 0.2) is 4.32 Å². The van der Waals surface area contributed by atoms with E-state index in [-0.39, 0.29) is 26.2 Å². The molecule has 0 aliphatic carbocycles. The Balaban J connectivity index is 2.04. The predicted molar refractivity (Wildman–Crippen MR) is 104 cm³/mol. The Morgan fingerprint density at radius 1 is 1.19 bits per heavy atom. The number of nitrogens with zero attached hydrogens (tertiary/aromatic N) is 2. The third-order valence-corrected chi connectivity index (χ3v) is 4.93. The average molecular weight is 385 g/mol. The van der Waals surface area contributed by atoms with Gasteiger partial charge in [-0.2, -0.15) is 0 Å². The Morgan fingerprint density at radius 2 is 1.85 bits per heavy atom. The van der Waals surface area contributed by atoms with Gasteiger partial charge < -0.3 is 5.73 Å². The summed E-state index contributed by atoms with van der Waals surface area (Å²) in [4.78, 5) is 36.5. The molecule has 2 amide bonds. The SMILES string of the molecule is NC(=O)c1ccccc1N1C(=O)/C(=C/c2ccccc2[N+](=O)[O-])SC1=S. The van der Waals surface area contributed by atoms with E-state index in [9.17, 15) is 19.7 Å². The highest BCUT2D eigenvalue weighted by molar-refractivity contribution is 8.27. The number of rotatable bonds is 4. The molecular formula is C17H11N3O4S2. The zero-order valence-corrected chi connectivity index (χ0v) is 14.8. The van der Waals surface area contributed by atoms with Crippen LogP contribution < -0.4 is 10.6 Å². The minimum absolute atomic E-state index is 0.115. The Kier molecular flexibility index (Phi) is 4.83. The minimum atomic E-state index is -0.683. The Bertz CT molecular complexity index is 987. The maximum atomic E-state index is 12.8. The summed E-state index contributed by atoms with van der Waals surface area (Å²) in [6, 6.07) is 12.4. The van der Waals surface area contributed by atoms with Crippen molar-refractivity contribution in [2.45, 2.75) is 0 Å². The van der Waals surface area contributed by atoms with Crippen LogP contribution in [0.25, 0.3) is 6.08 Å². The maximum Gasteiger partial charge on any atom is 0.276 e. The zero-order valence-electron chi connectivity index (χ0n) is 13.1. The van der Waals surface area contributed by atoms with Gasteiger partial charge in [0.2, 0.25) is 0 Å². The van der Waals surface area contributed by atoms with E-state index in [0.717, 1.165) is 11.8 Å². The first-order valence-corrected chi connectivity index (χ1v) is 8.53. The molecule has 130 valence electrons. The van der Waals surface area contributed by atoms with Crippen LogP contribution in [-0.4, -0.2) is 21.1 Å². The first-order valence-electron chi connectivity index (χ1n) is 7.30. The fourth-order valence-corrected chi connectivity index (χ4v) is 3.75. The number of para-hydroxylation sites is 2. The number of nitro benzene ring substituents is 1. The van der Waals surface area contributed by atoms with Crippen molar-refractivity contribution in [3.05, 3.63) is 74.7 Å². The molecule has 0 spiro atoms. The number of benzene rings is 2. The summed E-state index contributed by atoms with van der Waals surface area (Å²) >= 11 is 6.27. The van der Waals surface area contributed by atoms with E-state index in [2.05, 4.69) is 0 Å². The standard InChI is InChI=1S/C17H11N3O4S2/c18-15(21)11-6-2-4-8-13(11)19-16(22)14(26-17(19)25)9-10-5-1-3-7-12(10)20(23)24/h1-9H,(H2,18,21)/b14-9-. The summed E-state index contributed by atoms with van der Waals surface area (Å²) in [5.41, 5.74) is 5.99. The number of thiocarbonyl (C=S) groups is 1. The van der Waals surface area contributed by atoms with Gasteiger partial charge in [0.1, 0.15) is 0 Å². The van der Waals surface area contributed by atoms with Crippen molar-refractivity contribution in [2.75, 3.05) is 4.90 Å². The summed E-state index contributed by atoms with van der Waals surface area (Å²) in [6.45, 7) is 0. The predicted octanol–water partition coefficient (Wildman–Crippen LogP) is 3.10. The van der Waals surface area contributed by atoms with Crippen molar-refractivity contribution in [2.24, 2.45) is 5.73 Å². The van der Waals surface area contributed by atoms with Crippen LogP contribution in [0.15, 0.2) is 53.4 Å². The molecule has 26 heavy (non-hydrogen) atoms. The highest BCUT2D eigenvalue weighted by Gasteiger charge is 2.35. The lowest BCUT2D eigenvalue weighted by molar-refractivity contribution is -0.385. The van der Waals surface area contributed by atoms with Crippen LogP contribution in [0.1, 0.15) is 15.9 Å². The number of primary amides is 1. The van der Waals surface area contributed by atoms with Gasteiger partial charge in [-0.3, -0.25) is 24.6 Å². The lowest BCUT2D eigenvalue weighted by Gasteiger charge is -2.17. The number of anilines is 1. The van der Waals surface area contributed by atoms with Crippen molar-refractivity contribution < 1.29 is 14.5 Å². The Hall–Kier alpha value is -3.04. The number of amides is 2. The number of nitro groups is 1. The number of hydrogen-bond donors (Lipinski definition) is 1. The second-order valence-electron chi connectivity index (χ2n) is 5.21. The van der Waals surface area contributed by atoms with Crippen molar-refractivity contribution in [3.63, 3.8) is 0 Å². The molecule has 2 aromatic carbocycles. The molecule has 0 unspecified atom stereocenters. The largest absolute Gasteiger partial charge is 0.366 e. The van der Waals surface area contributed by atoms with E-state index < -0.39 is 16.7 Å². The third-order valence-electron chi connectivity index (χ3n) is 3.62. The molecule has 0 aromatic heterocycles. The summed E-state index contributed by atoms with van der Waals surface area (Å²) in [6.07, 6.45) is 1.42. The first-order chi connectivity index (χ1) is 12.4. The smallest absolute Gasteiger partial charge is 0.276 e. The highest BCUT2D eigenvalue weighted by Crippen LogP contribution is 2.38. The normalized spacial score (nSPS) is 15.5. The van der Waals surface area contributed by atoms with Gasteiger partial charge in [-0.05, 0) is 24.3 Å². The molecule has 0 saturated carbocycles. The van der Waals surface area contributed by atoms with Crippen molar-refractivity contribution in [1.29, 1.82) is 0 Å². The molecule has 9 heteroatoms. The topological polar surface area (TPSA) is 107 Å². The van der Waals surface area contributed by atoms with Gasteiger partial charge in [0.25, 0.3) is 17.5 Å². The number of carbonyl (C=O) groups is 2. The van der Waals surface area contributed by atoms with Crippen LogP contribution in [0.2, 0.25) is 0 Å². The number of nitrogens with two attached hydrogens (primary N) is 1. The van der Waals surface area contributed by atoms with Crippen LogP contribution >= 0.6 is 24.0 Å². The number of thioether (sulfide) groups is 1. The maximum absolute atomic E-state index is 12.8. The van der Waals surface area contributed by atoms with E-state index in [4.69, 9.17) is 18.0 Å². The molecule has 7 nitrogen and oxygen atoms in total. The molecule has 3 rings (SSSR count). The van der Waals surface area contributed by atoms with Crippen LogP contribution in [0.4, 0.5) is 11.4 Å². The molecular weight excluding hydrogens is 374 g/mol. The van der Waals surface area contributed by atoms with Gasteiger partial charge in [0.05, 0.1) is 26.6 Å². The monoisotopic (exact) mass is 385 g/mol. The fraction of sp³-hybridized carbons (Fsp3) is 0. The molecule has 1 fully saturated rings. The summed E-state index contributed by atoms with van der Waals surface area (Å²) in [7, 11) is 0. The molecule has 0 atom stereocenters. The van der Waals surface area contributed by atoms with Gasteiger partial charge in [-0.1, -0.05) is 48.2 Å². The number of hydrogen-bond acceptors (Lipinski definition) is 6. The Labute approximate surface area is 157 Å². The van der Waals surface area contributed by atoms with Gasteiger partial charge in [-0.25, -0.2) is 0 Å². The fourth-order valence-electron chi connectivity index (χ4n) is 2.47. The van der Waals surface area contributed by atoms with E-state index in [1.54, 1.807) is 36.4 Å². The van der Waals surface area contributed by atoms with Crippen molar-refractivity contribution >= 4 is 57.6 Å². The van der Waals surface area contributed by atoms with E-state index in [0.29, 0.717) is 5.56 Å². The first kappa shape index (κ1) is 17.8. The second-order valence-corrected chi connectivity index (χ2v) is 6.89. The summed E-state index contributed by atoms with van der Waals surface area (Å²) < 4.78 is 0.216. The molecule has 0 bridgehead atoms. The third kappa shape index (κ3) is 3.22. The lowest BCUT2D eigenvalue weighted by atomic mass is 10.1. The van der Waals surface area contributed by atoms with E-state index in [1.165, 1.54) is 23.1 Å². The molecule has 1 heterocycles. The molecule has 1 aliphatic rings. The molecule has 2 N–H and O–H groups in total. The van der Waals surface area contributed by atoms with E-state index >= 15 is 0 Å². The number of carbonyl (C=O) groups excluding carboxylic acids is 2. The lowest BCUT2D eigenvalue weighted by Crippen LogP contribution is -2.30. The zero-order chi connectivity index (χ0) is 18.8. The van der Waals surface area contributed by atoms with Gasteiger partial charge in [0, 0.05) is 6.07 Å². The van der Waals surface area contributed by atoms with Crippen molar-refractivity contribution in [1.82, 2.24) is 0 Å². The minimum Gasteiger partial charge on any atom is -0.366 e. The van der Waals surface area contributed by atoms with Crippen LogP contribution in [-0.2, 0) is 4.79 Å². The molecule has 0 radical (unpaired) electrons. The quantitative estimate of drug-likeness (QED) is 0.375. The van der Waals surface area contributed by atoms with Crippen LogP contribution in [0, 0.1) is 10.1 Å². The molecule has 1 saturated heterocycles. The van der Waals surface area contributed by atoms with Crippen LogP contribution in [0.3, 0.4) is 0 Å². The molecule has 1 aliphatic heterocycles. The molecule has 2 aromatic rings.